The second-order valence-electron chi connectivity index (χ2n) is 5.92. The number of hydrogen-bond acceptors (Lipinski definition) is 3. The molecule has 4 nitrogen and oxygen atoms in total. The SMILES string of the molecule is O=C(Nc1ccccc1CN1CCc2ccccc21)c1ccoc1. The van der Waals surface area contributed by atoms with Crippen LogP contribution in [0, 0.1) is 0 Å². The molecule has 0 bridgehead atoms. The van der Waals surface area contributed by atoms with Crippen LogP contribution in [0.1, 0.15) is 21.5 Å². The summed E-state index contributed by atoms with van der Waals surface area (Å²) in [4.78, 5) is 14.6. The fourth-order valence-corrected chi connectivity index (χ4v) is 3.14. The van der Waals surface area contributed by atoms with Crippen LogP contribution in [0.4, 0.5) is 11.4 Å². The Hall–Kier alpha value is -3.01. The first-order valence-electron chi connectivity index (χ1n) is 8.05. The molecule has 1 amide bonds. The molecule has 3 aromatic rings. The predicted molar refractivity (Wildman–Crippen MR) is 94.3 cm³/mol. The summed E-state index contributed by atoms with van der Waals surface area (Å²) in [6.07, 6.45) is 4.02. The lowest BCUT2D eigenvalue weighted by atomic mass is 10.1. The van der Waals surface area contributed by atoms with Gasteiger partial charge in [-0.05, 0) is 35.7 Å². The standard InChI is InChI=1S/C20H18N2O2/c23-20(17-10-12-24-14-17)21-18-7-3-1-6-16(18)13-22-11-9-15-5-2-4-8-19(15)22/h1-8,10,12,14H,9,11,13H2,(H,21,23). The van der Waals surface area contributed by atoms with Crippen molar-refractivity contribution in [2.45, 2.75) is 13.0 Å². The van der Waals surface area contributed by atoms with E-state index in [4.69, 9.17) is 4.42 Å². The third-order valence-electron chi connectivity index (χ3n) is 4.39. The van der Waals surface area contributed by atoms with Crippen molar-refractivity contribution in [2.75, 3.05) is 16.8 Å². The van der Waals surface area contributed by atoms with E-state index in [1.165, 1.54) is 23.8 Å². The average molecular weight is 318 g/mol. The van der Waals surface area contributed by atoms with Gasteiger partial charge >= 0.3 is 0 Å². The molecule has 0 atom stereocenters. The van der Waals surface area contributed by atoms with E-state index in [0.29, 0.717) is 5.56 Å². The third-order valence-corrected chi connectivity index (χ3v) is 4.39. The lowest BCUT2D eigenvalue weighted by Crippen LogP contribution is -2.21. The van der Waals surface area contributed by atoms with E-state index in [9.17, 15) is 4.79 Å². The number of para-hydroxylation sites is 2. The number of carbonyl (C=O) groups excluding carboxylic acids is 1. The Morgan fingerprint density at radius 2 is 1.92 bits per heavy atom. The normalized spacial score (nSPS) is 12.9. The van der Waals surface area contributed by atoms with E-state index < -0.39 is 0 Å². The van der Waals surface area contributed by atoms with E-state index in [1.807, 2.05) is 18.2 Å². The zero-order chi connectivity index (χ0) is 16.4. The highest BCUT2D eigenvalue weighted by molar-refractivity contribution is 6.04. The minimum absolute atomic E-state index is 0.155. The van der Waals surface area contributed by atoms with Crippen molar-refractivity contribution in [1.82, 2.24) is 0 Å². The fraction of sp³-hybridized carbons (Fsp3) is 0.150. The van der Waals surface area contributed by atoms with Gasteiger partial charge in [0.15, 0.2) is 0 Å². The number of hydrogen-bond donors (Lipinski definition) is 1. The van der Waals surface area contributed by atoms with Crippen LogP contribution in [-0.2, 0) is 13.0 Å². The Balaban J connectivity index is 1.55. The molecule has 2 heterocycles. The van der Waals surface area contributed by atoms with Crippen molar-refractivity contribution in [3.05, 3.63) is 83.8 Å². The minimum atomic E-state index is -0.155. The summed E-state index contributed by atoms with van der Waals surface area (Å²) in [7, 11) is 0. The van der Waals surface area contributed by atoms with Crippen LogP contribution >= 0.6 is 0 Å². The van der Waals surface area contributed by atoms with E-state index in [-0.39, 0.29) is 5.91 Å². The topological polar surface area (TPSA) is 45.5 Å². The summed E-state index contributed by atoms with van der Waals surface area (Å²) in [5.74, 6) is -0.155. The van der Waals surface area contributed by atoms with Crippen molar-refractivity contribution in [3.63, 3.8) is 0 Å². The number of benzene rings is 2. The maximum atomic E-state index is 12.3. The molecular weight excluding hydrogens is 300 g/mol. The molecule has 0 fully saturated rings. The number of amides is 1. The molecule has 1 aliphatic heterocycles. The summed E-state index contributed by atoms with van der Waals surface area (Å²) in [6, 6.07) is 18.1. The van der Waals surface area contributed by atoms with E-state index in [1.54, 1.807) is 6.07 Å². The highest BCUT2D eigenvalue weighted by Gasteiger charge is 2.19. The maximum absolute atomic E-state index is 12.3. The van der Waals surface area contributed by atoms with Gasteiger partial charge in [-0.15, -0.1) is 0 Å². The van der Waals surface area contributed by atoms with Gasteiger partial charge < -0.3 is 14.6 Å². The summed E-state index contributed by atoms with van der Waals surface area (Å²) >= 11 is 0. The summed E-state index contributed by atoms with van der Waals surface area (Å²) in [5.41, 5.74) is 5.14. The molecule has 1 aromatic heterocycles. The molecule has 2 aromatic carbocycles. The first-order valence-corrected chi connectivity index (χ1v) is 8.05. The molecule has 0 unspecified atom stereocenters. The van der Waals surface area contributed by atoms with Gasteiger partial charge in [-0.3, -0.25) is 4.79 Å². The number of nitrogens with zero attached hydrogens (tertiary/aromatic N) is 1. The maximum Gasteiger partial charge on any atom is 0.258 e. The number of rotatable bonds is 4. The Labute approximate surface area is 140 Å². The molecule has 0 saturated heterocycles. The van der Waals surface area contributed by atoms with Crippen LogP contribution < -0.4 is 10.2 Å². The number of anilines is 2. The summed E-state index contributed by atoms with van der Waals surface area (Å²) < 4.78 is 4.98. The largest absolute Gasteiger partial charge is 0.472 e. The highest BCUT2D eigenvalue weighted by Crippen LogP contribution is 2.30. The number of furan rings is 1. The molecule has 0 radical (unpaired) electrons. The second-order valence-corrected chi connectivity index (χ2v) is 5.92. The van der Waals surface area contributed by atoms with Gasteiger partial charge in [-0.25, -0.2) is 0 Å². The van der Waals surface area contributed by atoms with Crippen molar-refractivity contribution in [3.8, 4) is 0 Å². The Bertz CT molecular complexity index is 856. The molecule has 120 valence electrons. The summed E-state index contributed by atoms with van der Waals surface area (Å²) in [6.45, 7) is 1.78. The molecule has 0 aliphatic carbocycles. The molecule has 0 spiro atoms. The van der Waals surface area contributed by atoms with Crippen molar-refractivity contribution in [1.29, 1.82) is 0 Å². The Morgan fingerprint density at radius 3 is 2.79 bits per heavy atom. The zero-order valence-electron chi connectivity index (χ0n) is 13.2. The molecule has 4 rings (SSSR count). The number of carbonyl (C=O) groups is 1. The van der Waals surface area contributed by atoms with Crippen LogP contribution in [0.2, 0.25) is 0 Å². The molecule has 24 heavy (non-hydrogen) atoms. The van der Waals surface area contributed by atoms with Crippen LogP contribution in [-0.4, -0.2) is 12.5 Å². The predicted octanol–water partition coefficient (Wildman–Crippen LogP) is 4.09. The quantitative estimate of drug-likeness (QED) is 0.788. The summed E-state index contributed by atoms with van der Waals surface area (Å²) in [5, 5.41) is 2.99. The minimum Gasteiger partial charge on any atom is -0.472 e. The second kappa shape index (κ2) is 6.24. The van der Waals surface area contributed by atoms with Gasteiger partial charge in [-0.2, -0.15) is 0 Å². The van der Waals surface area contributed by atoms with Gasteiger partial charge in [0.2, 0.25) is 0 Å². The van der Waals surface area contributed by atoms with E-state index in [0.717, 1.165) is 30.8 Å². The van der Waals surface area contributed by atoms with Crippen LogP contribution in [0.5, 0.6) is 0 Å². The van der Waals surface area contributed by atoms with Gasteiger partial charge in [0, 0.05) is 24.5 Å². The lowest BCUT2D eigenvalue weighted by molar-refractivity contribution is 0.102. The molecule has 4 heteroatoms. The van der Waals surface area contributed by atoms with Gasteiger partial charge in [0.25, 0.3) is 5.91 Å². The highest BCUT2D eigenvalue weighted by atomic mass is 16.3. The first kappa shape index (κ1) is 14.6. The monoisotopic (exact) mass is 318 g/mol. The molecule has 1 N–H and O–H groups in total. The molecular formula is C20H18N2O2. The first-order chi connectivity index (χ1) is 11.8. The Morgan fingerprint density at radius 1 is 1.08 bits per heavy atom. The van der Waals surface area contributed by atoms with E-state index in [2.05, 4.69) is 40.5 Å². The Kier molecular flexibility index (Phi) is 3.79. The van der Waals surface area contributed by atoms with Crippen LogP contribution in [0.15, 0.2) is 71.5 Å². The molecule has 1 aliphatic rings. The van der Waals surface area contributed by atoms with Crippen molar-refractivity contribution in [2.24, 2.45) is 0 Å². The number of nitrogens with one attached hydrogen (secondary N) is 1. The van der Waals surface area contributed by atoms with Gasteiger partial charge in [-0.1, -0.05) is 36.4 Å². The van der Waals surface area contributed by atoms with E-state index >= 15 is 0 Å². The lowest BCUT2D eigenvalue weighted by Gasteiger charge is -2.21. The fourth-order valence-electron chi connectivity index (χ4n) is 3.14. The van der Waals surface area contributed by atoms with Crippen molar-refractivity contribution < 1.29 is 9.21 Å². The van der Waals surface area contributed by atoms with Crippen LogP contribution in [0.3, 0.4) is 0 Å². The molecule has 0 saturated carbocycles. The number of fused-ring (bicyclic) bond motifs is 1. The van der Waals surface area contributed by atoms with Crippen LogP contribution in [0.25, 0.3) is 0 Å². The van der Waals surface area contributed by atoms with Crippen molar-refractivity contribution >= 4 is 17.3 Å². The van der Waals surface area contributed by atoms with Gasteiger partial charge in [0.05, 0.1) is 11.8 Å². The smallest absolute Gasteiger partial charge is 0.258 e. The average Bonchev–Trinajstić information content (AvgIpc) is 3.27. The third kappa shape index (κ3) is 2.78. The van der Waals surface area contributed by atoms with Gasteiger partial charge in [0.1, 0.15) is 6.26 Å². The zero-order valence-corrected chi connectivity index (χ0v) is 13.2.